The normalized spacial score (nSPS) is 16.2. The number of ether oxygens (including phenoxy) is 1. The molecule has 1 aromatic carbocycles. The van der Waals surface area contributed by atoms with Crippen molar-refractivity contribution >= 4 is 44.7 Å². The number of carbonyl (C=O) groups excluding carboxylic acids is 2. The van der Waals surface area contributed by atoms with Gasteiger partial charge in [0.15, 0.2) is 0 Å². The van der Waals surface area contributed by atoms with Crippen molar-refractivity contribution in [2.24, 2.45) is 0 Å². The van der Waals surface area contributed by atoms with Gasteiger partial charge in [0.2, 0.25) is 5.91 Å². The maximum Gasteiger partial charge on any atom is 0.270 e. The highest BCUT2D eigenvalue weighted by molar-refractivity contribution is 7.16. The van der Waals surface area contributed by atoms with E-state index < -0.39 is 0 Å². The fraction of sp³-hybridized carbons (Fsp3) is 0.308. The summed E-state index contributed by atoms with van der Waals surface area (Å²) in [6.45, 7) is 4.25. The second-order valence-electron chi connectivity index (χ2n) is 8.59. The summed E-state index contributed by atoms with van der Waals surface area (Å²) in [6, 6.07) is 16.0. The van der Waals surface area contributed by atoms with Gasteiger partial charge in [-0.05, 0) is 53.6 Å². The van der Waals surface area contributed by atoms with E-state index in [2.05, 4.69) is 22.1 Å². The fourth-order valence-electron chi connectivity index (χ4n) is 4.60. The highest BCUT2D eigenvalue weighted by Gasteiger charge is 2.31. The summed E-state index contributed by atoms with van der Waals surface area (Å²) in [5.41, 5.74) is 1.77. The molecular formula is C26H27N3O3S2. The Hall–Kier alpha value is -3.10. The average molecular weight is 494 g/mol. The summed E-state index contributed by atoms with van der Waals surface area (Å²) in [7, 11) is 1.66. The summed E-state index contributed by atoms with van der Waals surface area (Å²) in [6.07, 6.45) is 0.426. The summed E-state index contributed by atoms with van der Waals surface area (Å²) in [5.74, 6) is 0.949. The minimum atomic E-state index is -0.0203. The molecule has 1 atom stereocenters. The predicted octanol–water partition coefficient (Wildman–Crippen LogP) is 4.74. The molecule has 0 spiro atoms. The van der Waals surface area contributed by atoms with E-state index in [1.165, 1.54) is 0 Å². The third-order valence-electron chi connectivity index (χ3n) is 6.34. The molecule has 4 heterocycles. The molecule has 0 saturated carbocycles. The van der Waals surface area contributed by atoms with Crippen LogP contribution in [0.3, 0.4) is 0 Å². The van der Waals surface area contributed by atoms with E-state index in [1.807, 2.05) is 58.5 Å². The molecule has 1 fully saturated rings. The number of amides is 2. The predicted molar refractivity (Wildman–Crippen MR) is 137 cm³/mol. The molecule has 2 amide bonds. The lowest BCUT2D eigenvalue weighted by atomic mass is 10.1. The molecule has 0 N–H and O–H groups in total. The number of benzene rings is 1. The number of aromatic nitrogens is 1. The summed E-state index contributed by atoms with van der Waals surface area (Å²) in [5, 5.41) is 5.13. The van der Waals surface area contributed by atoms with E-state index in [9.17, 15) is 9.59 Å². The lowest BCUT2D eigenvalue weighted by Gasteiger charge is -2.40. The van der Waals surface area contributed by atoms with Gasteiger partial charge in [0.1, 0.15) is 16.3 Å². The Morgan fingerprint density at radius 2 is 1.94 bits per heavy atom. The van der Waals surface area contributed by atoms with Crippen LogP contribution >= 0.6 is 22.7 Å². The number of carbonyl (C=O) groups is 2. The van der Waals surface area contributed by atoms with Gasteiger partial charge in [-0.2, -0.15) is 0 Å². The first kappa shape index (κ1) is 22.7. The maximum atomic E-state index is 13.7. The van der Waals surface area contributed by atoms with Crippen LogP contribution in [0, 0.1) is 0 Å². The Morgan fingerprint density at radius 3 is 2.71 bits per heavy atom. The van der Waals surface area contributed by atoms with Crippen LogP contribution in [0.15, 0.2) is 59.3 Å². The van der Waals surface area contributed by atoms with Crippen LogP contribution in [-0.2, 0) is 17.8 Å². The topological polar surface area (TPSA) is 54.8 Å². The molecule has 4 aromatic rings. The van der Waals surface area contributed by atoms with Crippen molar-refractivity contribution in [1.82, 2.24) is 14.4 Å². The van der Waals surface area contributed by atoms with Gasteiger partial charge in [-0.3, -0.25) is 9.59 Å². The molecule has 5 rings (SSSR count). The number of rotatable bonds is 6. The molecule has 8 heteroatoms. The molecule has 1 saturated heterocycles. The van der Waals surface area contributed by atoms with Crippen LogP contribution in [0.4, 0.5) is 0 Å². The van der Waals surface area contributed by atoms with E-state index >= 15 is 0 Å². The van der Waals surface area contributed by atoms with Crippen LogP contribution in [0.25, 0.3) is 10.2 Å². The lowest BCUT2D eigenvalue weighted by molar-refractivity contribution is -0.134. The van der Waals surface area contributed by atoms with Gasteiger partial charge in [-0.1, -0.05) is 18.2 Å². The smallest absolute Gasteiger partial charge is 0.270 e. The van der Waals surface area contributed by atoms with Crippen LogP contribution in [0.1, 0.15) is 27.9 Å². The first-order valence-corrected chi connectivity index (χ1v) is 13.1. The number of hydrogen-bond acceptors (Lipinski definition) is 5. The minimum absolute atomic E-state index is 0.0171. The molecule has 0 radical (unpaired) electrons. The van der Waals surface area contributed by atoms with Crippen LogP contribution < -0.4 is 4.74 Å². The molecule has 34 heavy (non-hydrogen) atoms. The molecule has 0 bridgehead atoms. The molecule has 176 valence electrons. The molecule has 0 aliphatic carbocycles. The Bertz CT molecular complexity index is 1310. The van der Waals surface area contributed by atoms with Crippen LogP contribution in [-0.4, -0.2) is 59.0 Å². The third kappa shape index (κ3) is 4.48. The zero-order valence-corrected chi connectivity index (χ0v) is 20.9. The Morgan fingerprint density at radius 1 is 1.06 bits per heavy atom. The largest absolute Gasteiger partial charge is 0.497 e. The molecule has 1 aliphatic rings. The van der Waals surface area contributed by atoms with Crippen molar-refractivity contribution < 1.29 is 14.3 Å². The van der Waals surface area contributed by atoms with Crippen molar-refractivity contribution in [2.75, 3.05) is 26.7 Å². The molecule has 6 nitrogen and oxygen atoms in total. The maximum absolute atomic E-state index is 13.7. The Kier molecular flexibility index (Phi) is 6.43. The van der Waals surface area contributed by atoms with Crippen molar-refractivity contribution in [3.63, 3.8) is 0 Å². The van der Waals surface area contributed by atoms with Gasteiger partial charge in [-0.15, -0.1) is 22.7 Å². The second-order valence-corrected chi connectivity index (χ2v) is 10.5. The highest BCUT2D eigenvalue weighted by atomic mass is 32.1. The quantitative estimate of drug-likeness (QED) is 0.390. The first-order chi connectivity index (χ1) is 16.5. The van der Waals surface area contributed by atoms with Crippen molar-refractivity contribution in [2.45, 2.75) is 25.9 Å². The van der Waals surface area contributed by atoms with Gasteiger partial charge >= 0.3 is 0 Å². The van der Waals surface area contributed by atoms with Crippen molar-refractivity contribution in [1.29, 1.82) is 0 Å². The first-order valence-electron chi connectivity index (χ1n) is 11.3. The van der Waals surface area contributed by atoms with E-state index in [1.54, 1.807) is 29.8 Å². The number of piperazine rings is 1. The monoisotopic (exact) mass is 493 g/mol. The number of fused-ring (bicyclic) bond motifs is 1. The van der Waals surface area contributed by atoms with Gasteiger partial charge < -0.3 is 19.1 Å². The standard InChI is InChI=1S/C26H27N3O3S2/c1-18-16-27(9-10-28(18)24(30)15-22-7-4-11-33-22)25(31)23-14-20-8-12-34-26(20)29(23)17-19-5-3-6-21(13-19)32-2/h3-8,11-14,18H,9-10,15-17H2,1-2H3. The van der Waals surface area contributed by atoms with Gasteiger partial charge in [-0.25, -0.2) is 0 Å². The fourth-order valence-corrected chi connectivity index (χ4v) is 6.19. The Labute approximate surface area is 207 Å². The van der Waals surface area contributed by atoms with Gasteiger partial charge in [0.05, 0.1) is 13.5 Å². The van der Waals surface area contributed by atoms with E-state index in [-0.39, 0.29) is 17.9 Å². The summed E-state index contributed by atoms with van der Waals surface area (Å²) in [4.78, 5) is 32.5. The highest BCUT2D eigenvalue weighted by Crippen LogP contribution is 2.28. The number of nitrogens with zero attached hydrogens (tertiary/aromatic N) is 3. The van der Waals surface area contributed by atoms with Crippen molar-refractivity contribution in [3.05, 3.63) is 75.4 Å². The minimum Gasteiger partial charge on any atom is -0.497 e. The van der Waals surface area contributed by atoms with E-state index in [4.69, 9.17) is 4.74 Å². The Balaban J connectivity index is 1.34. The lowest BCUT2D eigenvalue weighted by Crippen LogP contribution is -2.55. The number of hydrogen-bond donors (Lipinski definition) is 0. The summed E-state index contributed by atoms with van der Waals surface area (Å²) >= 11 is 3.25. The van der Waals surface area contributed by atoms with E-state index in [0.717, 1.165) is 26.4 Å². The molecule has 1 aliphatic heterocycles. The van der Waals surface area contributed by atoms with Crippen LogP contribution in [0.5, 0.6) is 5.75 Å². The molecule has 1 unspecified atom stereocenters. The SMILES string of the molecule is COc1cccc(Cn2c(C(=O)N3CCN(C(=O)Cc4cccs4)C(C)C3)cc3ccsc32)c1. The molecular weight excluding hydrogens is 466 g/mol. The number of thiophene rings is 2. The zero-order chi connectivity index (χ0) is 23.7. The number of methoxy groups -OCH3 is 1. The molecule has 3 aromatic heterocycles. The zero-order valence-electron chi connectivity index (χ0n) is 19.3. The average Bonchev–Trinajstić information content (AvgIpc) is 3.58. The third-order valence-corrected chi connectivity index (χ3v) is 8.16. The van der Waals surface area contributed by atoms with E-state index in [0.29, 0.717) is 38.3 Å². The second kappa shape index (κ2) is 9.64. The summed E-state index contributed by atoms with van der Waals surface area (Å²) < 4.78 is 7.49. The van der Waals surface area contributed by atoms with Gasteiger partial charge in [0.25, 0.3) is 5.91 Å². The van der Waals surface area contributed by atoms with Crippen LogP contribution in [0.2, 0.25) is 0 Å². The van der Waals surface area contributed by atoms with Gasteiger partial charge in [0, 0.05) is 42.5 Å². The van der Waals surface area contributed by atoms with Crippen molar-refractivity contribution in [3.8, 4) is 5.75 Å².